The van der Waals surface area contributed by atoms with E-state index >= 15 is 0 Å². The lowest BCUT2D eigenvalue weighted by atomic mass is 10.2. The Balaban J connectivity index is 0.00000400. The molecule has 4 nitrogen and oxygen atoms in total. The summed E-state index contributed by atoms with van der Waals surface area (Å²) < 4.78 is 29.0. The summed E-state index contributed by atoms with van der Waals surface area (Å²) in [4.78, 5) is 11.5. The van der Waals surface area contributed by atoms with Crippen molar-refractivity contribution in [1.29, 1.82) is 0 Å². The number of hydrogen-bond acceptors (Lipinski definition) is 3. The molecule has 1 aromatic rings. The van der Waals surface area contributed by atoms with Crippen LogP contribution in [0.4, 0.5) is 8.78 Å². The van der Waals surface area contributed by atoms with Crippen LogP contribution < -0.4 is 15.4 Å². The maximum absolute atomic E-state index is 12.0. The Labute approximate surface area is 129 Å². The molecule has 0 radical (unpaired) electrons. The second-order valence-corrected chi connectivity index (χ2v) is 4.33. The first-order chi connectivity index (χ1) is 9.61. The Morgan fingerprint density at radius 2 is 2.14 bits per heavy atom. The van der Waals surface area contributed by atoms with Gasteiger partial charge in [0.2, 0.25) is 5.91 Å². The fraction of sp³-hybridized carbons (Fsp3) is 0.500. The van der Waals surface area contributed by atoms with Crippen molar-refractivity contribution in [1.82, 2.24) is 10.6 Å². The third-order valence-corrected chi connectivity index (χ3v) is 2.59. The average Bonchev–Trinajstić information content (AvgIpc) is 2.44. The van der Waals surface area contributed by atoms with Crippen molar-refractivity contribution in [3.8, 4) is 5.75 Å². The molecule has 0 aliphatic carbocycles. The molecule has 0 bridgehead atoms. The summed E-state index contributed by atoms with van der Waals surface area (Å²) in [6.07, 6.45) is -1.26. The summed E-state index contributed by atoms with van der Waals surface area (Å²) in [5.41, 5.74) is 0.818. The maximum atomic E-state index is 12.0. The zero-order chi connectivity index (χ0) is 14.8. The molecule has 1 rings (SSSR count). The predicted octanol–water partition coefficient (Wildman–Crippen LogP) is 2.37. The minimum atomic E-state index is -2.49. The number of ether oxygens (including phenoxy) is 1. The number of hydrogen-bond donors (Lipinski definition) is 2. The summed E-state index contributed by atoms with van der Waals surface area (Å²) in [5.74, 6) is 0.353. The molecular formula is C14H21ClF2N2O2. The lowest BCUT2D eigenvalue weighted by Crippen LogP contribution is -2.23. The minimum Gasteiger partial charge on any atom is -0.488 e. The Kier molecular flexibility index (Phi) is 10.5. The normalized spacial score (nSPS) is 10.1. The smallest absolute Gasteiger partial charge is 0.272 e. The van der Waals surface area contributed by atoms with Crippen LogP contribution in [0, 0.1) is 0 Å². The van der Waals surface area contributed by atoms with Crippen molar-refractivity contribution < 1.29 is 18.3 Å². The van der Waals surface area contributed by atoms with E-state index in [0.29, 0.717) is 18.7 Å². The molecule has 0 unspecified atom stereocenters. The number of rotatable bonds is 9. The predicted molar refractivity (Wildman–Crippen MR) is 80.2 cm³/mol. The van der Waals surface area contributed by atoms with Gasteiger partial charge in [-0.3, -0.25) is 4.79 Å². The fourth-order valence-electron chi connectivity index (χ4n) is 1.62. The van der Waals surface area contributed by atoms with Gasteiger partial charge >= 0.3 is 0 Å². The van der Waals surface area contributed by atoms with Crippen LogP contribution in [-0.2, 0) is 11.3 Å². The first kappa shape index (κ1) is 19.6. The molecule has 0 saturated heterocycles. The summed E-state index contributed by atoms with van der Waals surface area (Å²) in [7, 11) is 1.84. The number of carbonyl (C=O) groups is 1. The zero-order valence-corrected chi connectivity index (χ0v) is 12.7. The van der Waals surface area contributed by atoms with Crippen molar-refractivity contribution in [2.75, 3.05) is 20.2 Å². The molecule has 0 spiro atoms. The molecule has 1 aromatic carbocycles. The van der Waals surface area contributed by atoms with Gasteiger partial charge in [0.25, 0.3) is 6.43 Å². The van der Waals surface area contributed by atoms with Gasteiger partial charge in [0.15, 0.2) is 0 Å². The minimum absolute atomic E-state index is 0. The molecule has 21 heavy (non-hydrogen) atoms. The summed E-state index contributed by atoms with van der Waals surface area (Å²) in [6, 6.07) is 6.78. The van der Waals surface area contributed by atoms with Gasteiger partial charge in [0.1, 0.15) is 12.4 Å². The van der Waals surface area contributed by atoms with Gasteiger partial charge < -0.3 is 15.4 Å². The second kappa shape index (κ2) is 11.3. The monoisotopic (exact) mass is 322 g/mol. The van der Waals surface area contributed by atoms with E-state index in [2.05, 4.69) is 10.6 Å². The summed E-state index contributed by atoms with van der Waals surface area (Å²) in [5, 5.41) is 5.75. The first-order valence-electron chi connectivity index (χ1n) is 6.53. The van der Waals surface area contributed by atoms with E-state index < -0.39 is 13.0 Å². The quantitative estimate of drug-likeness (QED) is 0.686. The van der Waals surface area contributed by atoms with Crippen molar-refractivity contribution in [3.05, 3.63) is 29.8 Å². The van der Waals surface area contributed by atoms with E-state index in [-0.39, 0.29) is 18.3 Å². The van der Waals surface area contributed by atoms with Crippen LogP contribution in [0.25, 0.3) is 0 Å². The Morgan fingerprint density at radius 3 is 2.81 bits per heavy atom. The average molecular weight is 323 g/mol. The molecular weight excluding hydrogens is 302 g/mol. The molecule has 120 valence electrons. The molecule has 1 amide bonds. The van der Waals surface area contributed by atoms with Crippen molar-refractivity contribution >= 4 is 18.3 Å². The number of nitrogens with one attached hydrogen (secondary N) is 2. The standard InChI is InChI=1S/C14H20F2N2O2.ClH/c1-17-7-3-6-14(19)18-9-11-4-2-5-12(8-11)20-10-13(15)16;/h2,4-5,8,13,17H,3,6-7,9-10H2,1H3,(H,18,19);1H. The highest BCUT2D eigenvalue weighted by Gasteiger charge is 2.05. The molecule has 0 heterocycles. The molecule has 0 aliphatic rings. The first-order valence-corrected chi connectivity index (χ1v) is 6.53. The van der Waals surface area contributed by atoms with Crippen LogP contribution in [0.2, 0.25) is 0 Å². The maximum Gasteiger partial charge on any atom is 0.272 e. The van der Waals surface area contributed by atoms with Gasteiger partial charge in [-0.2, -0.15) is 0 Å². The summed E-state index contributed by atoms with van der Waals surface area (Å²) in [6.45, 7) is 0.536. The van der Waals surface area contributed by atoms with Crippen LogP contribution in [-0.4, -0.2) is 32.5 Å². The third-order valence-electron chi connectivity index (χ3n) is 2.59. The largest absolute Gasteiger partial charge is 0.488 e. The number of alkyl halides is 2. The SMILES string of the molecule is CNCCCC(=O)NCc1cccc(OCC(F)F)c1.Cl. The second-order valence-electron chi connectivity index (χ2n) is 4.33. The van der Waals surface area contributed by atoms with Crippen LogP contribution in [0.15, 0.2) is 24.3 Å². The van der Waals surface area contributed by atoms with E-state index in [0.717, 1.165) is 18.5 Å². The number of amides is 1. The van der Waals surface area contributed by atoms with Crippen LogP contribution in [0.1, 0.15) is 18.4 Å². The van der Waals surface area contributed by atoms with Gasteiger partial charge in [-0.15, -0.1) is 12.4 Å². The zero-order valence-electron chi connectivity index (χ0n) is 11.9. The van der Waals surface area contributed by atoms with Gasteiger partial charge in [-0.25, -0.2) is 8.78 Å². The highest BCUT2D eigenvalue weighted by Crippen LogP contribution is 2.14. The fourth-order valence-corrected chi connectivity index (χ4v) is 1.62. The van der Waals surface area contributed by atoms with Crippen molar-refractivity contribution in [2.45, 2.75) is 25.8 Å². The molecule has 0 fully saturated rings. The molecule has 0 aromatic heterocycles. The van der Waals surface area contributed by atoms with E-state index in [1.807, 2.05) is 13.1 Å². The number of benzene rings is 1. The van der Waals surface area contributed by atoms with Crippen molar-refractivity contribution in [2.24, 2.45) is 0 Å². The Bertz CT molecular complexity index is 420. The van der Waals surface area contributed by atoms with Crippen LogP contribution in [0.5, 0.6) is 5.75 Å². The summed E-state index contributed by atoms with van der Waals surface area (Å²) >= 11 is 0. The van der Waals surface area contributed by atoms with Crippen LogP contribution in [0.3, 0.4) is 0 Å². The van der Waals surface area contributed by atoms with Crippen molar-refractivity contribution in [3.63, 3.8) is 0 Å². The molecule has 0 saturated carbocycles. The van der Waals surface area contributed by atoms with E-state index in [9.17, 15) is 13.6 Å². The lowest BCUT2D eigenvalue weighted by Gasteiger charge is -2.08. The molecule has 7 heteroatoms. The third kappa shape index (κ3) is 9.20. The highest BCUT2D eigenvalue weighted by molar-refractivity contribution is 5.85. The Hall–Kier alpha value is -1.40. The Morgan fingerprint density at radius 1 is 1.38 bits per heavy atom. The lowest BCUT2D eigenvalue weighted by molar-refractivity contribution is -0.121. The van der Waals surface area contributed by atoms with E-state index in [1.165, 1.54) is 0 Å². The molecule has 0 aliphatic heterocycles. The molecule has 0 atom stereocenters. The van der Waals surface area contributed by atoms with Gasteiger partial charge in [-0.05, 0) is 37.7 Å². The number of carbonyl (C=O) groups excluding carboxylic acids is 1. The van der Waals surface area contributed by atoms with Gasteiger partial charge in [0.05, 0.1) is 0 Å². The van der Waals surface area contributed by atoms with Crippen LogP contribution >= 0.6 is 12.4 Å². The highest BCUT2D eigenvalue weighted by atomic mass is 35.5. The van der Waals surface area contributed by atoms with E-state index in [4.69, 9.17) is 4.74 Å². The van der Waals surface area contributed by atoms with Gasteiger partial charge in [0, 0.05) is 13.0 Å². The topological polar surface area (TPSA) is 50.4 Å². The molecule has 2 N–H and O–H groups in total. The number of halogens is 3. The van der Waals surface area contributed by atoms with E-state index in [1.54, 1.807) is 18.2 Å². The van der Waals surface area contributed by atoms with Gasteiger partial charge in [-0.1, -0.05) is 12.1 Å².